The topological polar surface area (TPSA) is 34.1 Å². The molecule has 0 radical (unpaired) electrons. The Morgan fingerprint density at radius 3 is 2.77 bits per heavy atom. The maximum absolute atomic E-state index is 11.5. The normalized spacial score (nSPS) is 20.9. The first-order chi connectivity index (χ1) is 6.31. The Morgan fingerprint density at radius 2 is 2.00 bits per heavy atom. The van der Waals surface area contributed by atoms with E-state index >= 15 is 0 Å². The zero-order valence-electron chi connectivity index (χ0n) is 7.19. The molecule has 0 bridgehead atoms. The van der Waals surface area contributed by atoms with Gasteiger partial charge in [-0.2, -0.15) is 0 Å². The van der Waals surface area contributed by atoms with Crippen LogP contribution in [0.15, 0.2) is 24.3 Å². The lowest BCUT2D eigenvalue weighted by Crippen LogP contribution is -2.20. The average Bonchev–Trinajstić information content (AvgIpc) is 2.18. The average molecular weight is 174 g/mol. The summed E-state index contributed by atoms with van der Waals surface area (Å²) < 4.78 is 0. The van der Waals surface area contributed by atoms with Crippen molar-refractivity contribution in [1.82, 2.24) is 0 Å². The van der Waals surface area contributed by atoms with Crippen LogP contribution in [0, 0.1) is 5.92 Å². The van der Waals surface area contributed by atoms with Gasteiger partial charge in [0, 0.05) is 17.9 Å². The molecule has 0 saturated heterocycles. The summed E-state index contributed by atoms with van der Waals surface area (Å²) in [5.74, 6) is -0.0126. The minimum absolute atomic E-state index is 0.0963. The number of benzene rings is 1. The fraction of sp³-hybridized carbons (Fsp3) is 0.273. The van der Waals surface area contributed by atoms with Gasteiger partial charge in [-0.3, -0.25) is 4.79 Å². The standard InChI is InChI=1S/C11H10O2/c12-7-8-5-9-3-1-2-4-10(9)11(13)6-8/h1-4,7-8H,5-6H2. The summed E-state index contributed by atoms with van der Waals surface area (Å²) in [6.07, 6.45) is 1.97. The van der Waals surface area contributed by atoms with Gasteiger partial charge < -0.3 is 4.79 Å². The van der Waals surface area contributed by atoms with Crippen LogP contribution >= 0.6 is 0 Å². The van der Waals surface area contributed by atoms with E-state index in [0.717, 1.165) is 17.4 Å². The molecule has 1 unspecified atom stereocenters. The Bertz CT molecular complexity index is 355. The van der Waals surface area contributed by atoms with Crippen molar-refractivity contribution in [1.29, 1.82) is 0 Å². The number of hydrogen-bond acceptors (Lipinski definition) is 2. The minimum atomic E-state index is -0.109. The molecular formula is C11H10O2. The van der Waals surface area contributed by atoms with Crippen LogP contribution in [0.5, 0.6) is 0 Å². The zero-order chi connectivity index (χ0) is 9.26. The van der Waals surface area contributed by atoms with E-state index in [1.54, 1.807) is 0 Å². The van der Waals surface area contributed by atoms with E-state index in [9.17, 15) is 9.59 Å². The molecule has 1 aromatic rings. The monoisotopic (exact) mass is 174 g/mol. The van der Waals surface area contributed by atoms with Gasteiger partial charge in [0.15, 0.2) is 5.78 Å². The molecule has 0 saturated carbocycles. The second-order valence-electron chi connectivity index (χ2n) is 3.38. The number of rotatable bonds is 1. The summed E-state index contributed by atoms with van der Waals surface area (Å²) >= 11 is 0. The molecule has 66 valence electrons. The summed E-state index contributed by atoms with van der Waals surface area (Å²) in [4.78, 5) is 22.1. The van der Waals surface area contributed by atoms with Crippen molar-refractivity contribution in [2.45, 2.75) is 12.8 Å². The maximum atomic E-state index is 11.5. The first-order valence-electron chi connectivity index (χ1n) is 4.37. The van der Waals surface area contributed by atoms with Crippen molar-refractivity contribution in [3.05, 3.63) is 35.4 Å². The number of fused-ring (bicyclic) bond motifs is 1. The van der Waals surface area contributed by atoms with Crippen LogP contribution in [-0.2, 0) is 11.2 Å². The molecule has 13 heavy (non-hydrogen) atoms. The Labute approximate surface area is 76.6 Å². The Hall–Kier alpha value is -1.44. The molecule has 1 atom stereocenters. The van der Waals surface area contributed by atoms with Gasteiger partial charge in [0.2, 0.25) is 0 Å². The Morgan fingerprint density at radius 1 is 1.23 bits per heavy atom. The molecule has 1 aromatic carbocycles. The molecular weight excluding hydrogens is 164 g/mol. The van der Waals surface area contributed by atoms with E-state index in [-0.39, 0.29) is 11.7 Å². The fourth-order valence-corrected chi connectivity index (χ4v) is 1.77. The van der Waals surface area contributed by atoms with Crippen LogP contribution < -0.4 is 0 Å². The summed E-state index contributed by atoms with van der Waals surface area (Å²) in [6.45, 7) is 0. The molecule has 1 aliphatic rings. The van der Waals surface area contributed by atoms with Crippen LogP contribution in [-0.4, -0.2) is 12.1 Å². The van der Waals surface area contributed by atoms with Gasteiger partial charge in [-0.25, -0.2) is 0 Å². The third-order valence-electron chi connectivity index (χ3n) is 2.44. The van der Waals surface area contributed by atoms with E-state index in [1.165, 1.54) is 0 Å². The first kappa shape index (κ1) is 8.17. The lowest BCUT2D eigenvalue weighted by Gasteiger charge is -2.18. The third-order valence-corrected chi connectivity index (χ3v) is 2.44. The molecule has 0 fully saturated rings. The second-order valence-corrected chi connectivity index (χ2v) is 3.38. The van der Waals surface area contributed by atoms with Gasteiger partial charge in [-0.15, -0.1) is 0 Å². The smallest absolute Gasteiger partial charge is 0.163 e. The maximum Gasteiger partial charge on any atom is 0.163 e. The van der Waals surface area contributed by atoms with Gasteiger partial charge >= 0.3 is 0 Å². The van der Waals surface area contributed by atoms with Crippen LogP contribution in [0.2, 0.25) is 0 Å². The number of carbonyl (C=O) groups is 2. The predicted molar refractivity (Wildman–Crippen MR) is 48.6 cm³/mol. The van der Waals surface area contributed by atoms with Crippen molar-refractivity contribution in [2.24, 2.45) is 5.92 Å². The highest BCUT2D eigenvalue weighted by atomic mass is 16.1. The van der Waals surface area contributed by atoms with E-state index in [4.69, 9.17) is 0 Å². The van der Waals surface area contributed by atoms with Crippen LogP contribution in [0.1, 0.15) is 22.3 Å². The highest BCUT2D eigenvalue weighted by Gasteiger charge is 2.23. The van der Waals surface area contributed by atoms with E-state index in [0.29, 0.717) is 12.8 Å². The highest BCUT2D eigenvalue weighted by Crippen LogP contribution is 2.23. The van der Waals surface area contributed by atoms with E-state index < -0.39 is 0 Å². The number of aldehydes is 1. The molecule has 0 amide bonds. The molecule has 2 nitrogen and oxygen atoms in total. The Balaban J connectivity index is 2.42. The number of Topliss-reactive ketones (excluding diaryl/α,β-unsaturated/α-hetero) is 1. The van der Waals surface area contributed by atoms with Crippen LogP contribution in [0.4, 0.5) is 0 Å². The van der Waals surface area contributed by atoms with Gasteiger partial charge in [-0.05, 0) is 12.0 Å². The molecule has 0 N–H and O–H groups in total. The Kier molecular flexibility index (Phi) is 1.97. The highest BCUT2D eigenvalue weighted by molar-refractivity contribution is 6.00. The number of ketones is 1. The summed E-state index contributed by atoms with van der Waals surface area (Å²) in [5, 5.41) is 0. The molecule has 2 rings (SSSR count). The van der Waals surface area contributed by atoms with Crippen LogP contribution in [0.3, 0.4) is 0 Å². The van der Waals surface area contributed by atoms with E-state index in [1.807, 2.05) is 24.3 Å². The van der Waals surface area contributed by atoms with Gasteiger partial charge in [0.25, 0.3) is 0 Å². The van der Waals surface area contributed by atoms with Crippen molar-refractivity contribution in [2.75, 3.05) is 0 Å². The van der Waals surface area contributed by atoms with Gasteiger partial charge in [-0.1, -0.05) is 24.3 Å². The SMILES string of the molecule is O=CC1CC(=O)c2ccccc2C1. The molecule has 0 aliphatic heterocycles. The minimum Gasteiger partial charge on any atom is -0.303 e. The summed E-state index contributed by atoms with van der Waals surface area (Å²) in [5.41, 5.74) is 1.80. The largest absolute Gasteiger partial charge is 0.303 e. The van der Waals surface area contributed by atoms with Crippen molar-refractivity contribution in [3.63, 3.8) is 0 Å². The molecule has 0 heterocycles. The van der Waals surface area contributed by atoms with Gasteiger partial charge in [0.1, 0.15) is 6.29 Å². The predicted octanol–water partition coefficient (Wildman–Crippen LogP) is 1.63. The second kappa shape index (κ2) is 3.13. The molecule has 2 heteroatoms. The number of carbonyl (C=O) groups excluding carboxylic acids is 2. The summed E-state index contributed by atoms with van der Waals surface area (Å²) in [7, 11) is 0. The van der Waals surface area contributed by atoms with Crippen molar-refractivity contribution in [3.8, 4) is 0 Å². The lowest BCUT2D eigenvalue weighted by atomic mass is 9.84. The fourth-order valence-electron chi connectivity index (χ4n) is 1.77. The third kappa shape index (κ3) is 1.39. The molecule has 0 aromatic heterocycles. The molecule has 1 aliphatic carbocycles. The van der Waals surface area contributed by atoms with Crippen LogP contribution in [0.25, 0.3) is 0 Å². The zero-order valence-corrected chi connectivity index (χ0v) is 7.19. The van der Waals surface area contributed by atoms with E-state index in [2.05, 4.69) is 0 Å². The first-order valence-corrected chi connectivity index (χ1v) is 4.37. The molecule has 0 spiro atoms. The summed E-state index contributed by atoms with van der Waals surface area (Å²) in [6, 6.07) is 7.51. The van der Waals surface area contributed by atoms with Gasteiger partial charge in [0.05, 0.1) is 0 Å². The lowest BCUT2D eigenvalue weighted by molar-refractivity contribution is -0.111. The van der Waals surface area contributed by atoms with Crippen molar-refractivity contribution >= 4 is 12.1 Å². The quantitative estimate of drug-likeness (QED) is 0.606. The van der Waals surface area contributed by atoms with Crippen molar-refractivity contribution < 1.29 is 9.59 Å². The number of hydrogen-bond donors (Lipinski definition) is 0.